The van der Waals surface area contributed by atoms with Crippen LogP contribution in [0.1, 0.15) is 24.6 Å². The molecule has 1 aromatic heterocycles. The highest BCUT2D eigenvalue weighted by Gasteiger charge is 2.27. The number of anilines is 1. The van der Waals surface area contributed by atoms with Gasteiger partial charge in [-0.25, -0.2) is 9.67 Å². The summed E-state index contributed by atoms with van der Waals surface area (Å²) < 4.78 is 7.24. The first-order valence-electron chi connectivity index (χ1n) is 5.27. The van der Waals surface area contributed by atoms with Crippen LogP contribution in [0.4, 0.5) is 5.82 Å². The Balaban J connectivity index is 2.11. The van der Waals surface area contributed by atoms with E-state index in [2.05, 4.69) is 15.4 Å². The number of nitrogens with two attached hydrogens (primary N) is 1. The highest BCUT2D eigenvalue weighted by atomic mass is 16.5. The summed E-state index contributed by atoms with van der Waals surface area (Å²) in [6, 6.07) is 0. The van der Waals surface area contributed by atoms with E-state index in [-0.39, 0.29) is 17.6 Å². The van der Waals surface area contributed by atoms with Crippen LogP contribution in [0.25, 0.3) is 0 Å². The van der Waals surface area contributed by atoms with Crippen LogP contribution in [0, 0.1) is 0 Å². The third-order valence-corrected chi connectivity index (χ3v) is 2.87. The largest absolute Gasteiger partial charge is 0.383 e. The molecule has 1 unspecified atom stereocenters. The van der Waals surface area contributed by atoms with E-state index >= 15 is 0 Å². The van der Waals surface area contributed by atoms with E-state index in [1.54, 1.807) is 4.68 Å². The van der Waals surface area contributed by atoms with Crippen molar-refractivity contribution in [1.29, 1.82) is 0 Å². The second-order valence-electron chi connectivity index (χ2n) is 3.88. The van der Waals surface area contributed by atoms with Gasteiger partial charge in [0.2, 0.25) is 0 Å². The lowest BCUT2D eigenvalue weighted by Gasteiger charge is -2.18. The Bertz CT molecular complexity index is 494. The van der Waals surface area contributed by atoms with Crippen LogP contribution in [-0.4, -0.2) is 28.9 Å². The molecule has 3 rings (SSSR count). The Morgan fingerprint density at radius 1 is 1.56 bits per heavy atom. The first-order chi connectivity index (χ1) is 7.77. The van der Waals surface area contributed by atoms with Gasteiger partial charge in [0.25, 0.3) is 5.56 Å². The van der Waals surface area contributed by atoms with Gasteiger partial charge in [0.15, 0.2) is 0 Å². The molecule has 3 heterocycles. The lowest BCUT2D eigenvalue weighted by Crippen LogP contribution is -2.27. The average Bonchev–Trinajstić information content (AvgIpc) is 2.86. The Hall–Kier alpha value is -1.76. The molecule has 1 fully saturated rings. The summed E-state index contributed by atoms with van der Waals surface area (Å²) in [7, 11) is 0. The van der Waals surface area contributed by atoms with Crippen molar-refractivity contribution >= 4 is 11.7 Å². The van der Waals surface area contributed by atoms with E-state index < -0.39 is 0 Å². The number of fused-ring (bicyclic) bond motifs is 1. The van der Waals surface area contributed by atoms with Gasteiger partial charge >= 0.3 is 0 Å². The van der Waals surface area contributed by atoms with Crippen molar-refractivity contribution < 1.29 is 4.74 Å². The van der Waals surface area contributed by atoms with E-state index in [1.165, 1.54) is 0 Å². The second kappa shape index (κ2) is 3.38. The highest BCUT2D eigenvalue weighted by molar-refractivity contribution is 6.02. The van der Waals surface area contributed by atoms with Gasteiger partial charge in [-0.15, -0.1) is 0 Å². The van der Waals surface area contributed by atoms with Gasteiger partial charge in [-0.05, 0) is 12.8 Å². The van der Waals surface area contributed by atoms with Crippen LogP contribution in [0.2, 0.25) is 0 Å². The molecule has 0 spiro atoms. The summed E-state index contributed by atoms with van der Waals surface area (Å²) in [6.45, 7) is 1.12. The molecule has 1 saturated heterocycles. The maximum Gasteiger partial charge on any atom is 0.277 e. The molecule has 0 bridgehead atoms. The monoisotopic (exact) mass is 223 g/mol. The first kappa shape index (κ1) is 9.46. The SMILES string of the molecule is NC1=NCNc2c1c(=O)[nH]n2C1CCCO1. The average molecular weight is 223 g/mol. The number of aromatic nitrogens is 2. The molecule has 16 heavy (non-hydrogen) atoms. The Kier molecular flexibility index (Phi) is 2.00. The number of hydrogen-bond donors (Lipinski definition) is 3. The van der Waals surface area contributed by atoms with Gasteiger partial charge in [0.05, 0.1) is 0 Å². The Morgan fingerprint density at radius 2 is 2.44 bits per heavy atom. The summed E-state index contributed by atoms with van der Waals surface area (Å²) in [5.74, 6) is 0.969. The topological polar surface area (TPSA) is 97.4 Å². The van der Waals surface area contributed by atoms with Gasteiger partial charge in [-0.1, -0.05) is 0 Å². The number of aliphatic imine (C=N–C) groups is 1. The Morgan fingerprint density at radius 3 is 3.19 bits per heavy atom. The summed E-state index contributed by atoms with van der Waals surface area (Å²) in [4.78, 5) is 15.7. The van der Waals surface area contributed by atoms with E-state index in [9.17, 15) is 4.79 Å². The molecule has 7 nitrogen and oxygen atoms in total. The molecule has 0 radical (unpaired) electrons. The van der Waals surface area contributed by atoms with Crippen molar-refractivity contribution in [3.8, 4) is 0 Å². The first-order valence-corrected chi connectivity index (χ1v) is 5.27. The van der Waals surface area contributed by atoms with Crippen LogP contribution in [-0.2, 0) is 4.74 Å². The summed E-state index contributed by atoms with van der Waals surface area (Å²) in [5.41, 5.74) is 5.89. The third kappa shape index (κ3) is 1.25. The minimum Gasteiger partial charge on any atom is -0.383 e. The second-order valence-corrected chi connectivity index (χ2v) is 3.88. The van der Waals surface area contributed by atoms with Crippen molar-refractivity contribution in [2.24, 2.45) is 10.7 Å². The normalized spacial score (nSPS) is 23.8. The van der Waals surface area contributed by atoms with E-state index in [0.29, 0.717) is 18.1 Å². The molecule has 86 valence electrons. The molecular weight excluding hydrogens is 210 g/mol. The highest BCUT2D eigenvalue weighted by Crippen LogP contribution is 2.27. The van der Waals surface area contributed by atoms with E-state index in [1.807, 2.05) is 0 Å². The van der Waals surface area contributed by atoms with Gasteiger partial charge in [-0.2, -0.15) is 0 Å². The van der Waals surface area contributed by atoms with Gasteiger partial charge in [-0.3, -0.25) is 9.89 Å². The number of amidine groups is 1. The lowest BCUT2D eigenvalue weighted by atomic mass is 10.2. The van der Waals surface area contributed by atoms with E-state index in [0.717, 1.165) is 19.4 Å². The molecule has 2 aliphatic heterocycles. The summed E-state index contributed by atoms with van der Waals surface area (Å²) in [5, 5.41) is 5.78. The molecule has 0 aromatic carbocycles. The fraction of sp³-hybridized carbons (Fsp3) is 0.556. The van der Waals surface area contributed by atoms with Gasteiger partial charge in [0, 0.05) is 6.61 Å². The third-order valence-electron chi connectivity index (χ3n) is 2.87. The summed E-state index contributed by atoms with van der Waals surface area (Å²) >= 11 is 0. The molecule has 4 N–H and O–H groups in total. The quantitative estimate of drug-likeness (QED) is 0.602. The van der Waals surface area contributed by atoms with Crippen molar-refractivity contribution in [3.05, 3.63) is 15.9 Å². The van der Waals surface area contributed by atoms with Crippen LogP contribution >= 0.6 is 0 Å². The number of hydrogen-bond acceptors (Lipinski definition) is 5. The number of rotatable bonds is 1. The fourth-order valence-electron chi connectivity index (χ4n) is 2.12. The standard InChI is InChI=1S/C9H13N5O2/c10-7-6-8(12-4-11-7)14(13-9(6)15)5-2-1-3-16-5/h5,12H,1-4H2,(H2,10,11)(H,13,15). The summed E-state index contributed by atoms with van der Waals surface area (Å²) in [6.07, 6.45) is 1.80. The van der Waals surface area contributed by atoms with Crippen LogP contribution in [0.3, 0.4) is 0 Å². The maximum atomic E-state index is 11.7. The lowest BCUT2D eigenvalue weighted by molar-refractivity contribution is 0.0481. The van der Waals surface area contributed by atoms with Crippen LogP contribution in [0.15, 0.2) is 9.79 Å². The number of aromatic amines is 1. The molecule has 1 atom stereocenters. The van der Waals surface area contributed by atoms with Crippen molar-refractivity contribution in [3.63, 3.8) is 0 Å². The molecule has 0 saturated carbocycles. The minimum absolute atomic E-state index is 0.102. The fourth-order valence-corrected chi connectivity index (χ4v) is 2.12. The number of nitrogens with one attached hydrogen (secondary N) is 2. The van der Waals surface area contributed by atoms with Crippen LogP contribution in [0.5, 0.6) is 0 Å². The smallest absolute Gasteiger partial charge is 0.277 e. The van der Waals surface area contributed by atoms with Crippen LogP contribution < -0.4 is 16.6 Å². The predicted octanol–water partition coefficient (Wildman–Crippen LogP) is -0.426. The van der Waals surface area contributed by atoms with Gasteiger partial charge < -0.3 is 15.8 Å². The molecule has 1 aromatic rings. The zero-order valence-corrected chi connectivity index (χ0v) is 8.69. The van der Waals surface area contributed by atoms with Crippen molar-refractivity contribution in [2.45, 2.75) is 19.1 Å². The molecule has 7 heteroatoms. The predicted molar refractivity (Wildman–Crippen MR) is 58.5 cm³/mol. The van der Waals surface area contributed by atoms with Crippen molar-refractivity contribution in [1.82, 2.24) is 9.78 Å². The molecule has 2 aliphatic rings. The molecule has 0 amide bonds. The maximum absolute atomic E-state index is 11.7. The number of H-pyrrole nitrogens is 1. The zero-order valence-electron chi connectivity index (χ0n) is 8.69. The van der Waals surface area contributed by atoms with Crippen molar-refractivity contribution in [2.75, 3.05) is 18.6 Å². The molecule has 0 aliphatic carbocycles. The van der Waals surface area contributed by atoms with Gasteiger partial charge in [0.1, 0.15) is 30.1 Å². The zero-order chi connectivity index (χ0) is 11.1. The molecular formula is C9H13N5O2. The van der Waals surface area contributed by atoms with E-state index in [4.69, 9.17) is 10.5 Å². The Labute approximate surface area is 91.3 Å². The minimum atomic E-state index is -0.223. The number of ether oxygens (including phenoxy) is 1. The number of nitrogens with zero attached hydrogens (tertiary/aromatic N) is 2.